The minimum absolute atomic E-state index is 0.0122. The Bertz CT molecular complexity index is 1190. The van der Waals surface area contributed by atoms with Crippen molar-refractivity contribution in [3.63, 3.8) is 0 Å². The Morgan fingerprint density at radius 3 is 2.32 bits per heavy atom. The van der Waals surface area contributed by atoms with Gasteiger partial charge in [-0.15, -0.1) is 0 Å². The van der Waals surface area contributed by atoms with Crippen molar-refractivity contribution in [3.05, 3.63) is 95.2 Å². The molecule has 34 heavy (non-hydrogen) atoms. The summed E-state index contributed by atoms with van der Waals surface area (Å²) in [5.41, 5.74) is 3.88. The number of amides is 2. The van der Waals surface area contributed by atoms with E-state index in [1.54, 1.807) is 54.6 Å². The van der Waals surface area contributed by atoms with E-state index in [9.17, 15) is 19.8 Å². The maximum Gasteiger partial charge on any atom is 0.287 e. The minimum atomic E-state index is -0.644. The van der Waals surface area contributed by atoms with E-state index in [1.165, 1.54) is 30.5 Å². The first-order chi connectivity index (χ1) is 16.5. The van der Waals surface area contributed by atoms with Crippen molar-refractivity contribution in [1.82, 2.24) is 10.7 Å². The highest BCUT2D eigenvalue weighted by molar-refractivity contribution is 6.05. The quantitative estimate of drug-likeness (QED) is 0.168. The fourth-order valence-electron chi connectivity index (χ4n) is 2.84. The molecule has 0 radical (unpaired) electrons. The number of phenols is 2. The lowest BCUT2D eigenvalue weighted by molar-refractivity contribution is -0.117. The molecule has 0 aliphatic rings. The van der Waals surface area contributed by atoms with Gasteiger partial charge >= 0.3 is 0 Å². The third-order valence-electron chi connectivity index (χ3n) is 4.57. The number of rotatable bonds is 9. The number of nitrogens with one attached hydrogen (secondary N) is 2. The van der Waals surface area contributed by atoms with Crippen LogP contribution in [0.25, 0.3) is 6.08 Å². The molecule has 0 aliphatic carbocycles. The third-order valence-corrected chi connectivity index (χ3v) is 4.57. The number of hydrogen-bond acceptors (Lipinski definition) is 6. The molecular weight excluding hydrogens is 434 g/mol. The van der Waals surface area contributed by atoms with E-state index in [2.05, 4.69) is 15.8 Å². The van der Waals surface area contributed by atoms with Crippen molar-refractivity contribution in [2.75, 3.05) is 6.61 Å². The monoisotopic (exact) mass is 459 g/mol. The van der Waals surface area contributed by atoms with Gasteiger partial charge in [-0.05, 0) is 66.1 Å². The highest BCUT2D eigenvalue weighted by Crippen LogP contribution is 2.24. The Kier molecular flexibility index (Phi) is 8.40. The van der Waals surface area contributed by atoms with Crippen molar-refractivity contribution >= 4 is 24.1 Å². The maximum atomic E-state index is 12.8. The molecule has 0 bridgehead atoms. The van der Waals surface area contributed by atoms with E-state index in [0.717, 1.165) is 6.42 Å². The number of benzene rings is 3. The standard InChI is InChI=1S/C26H25N3O5/c1-2-14-34-21-11-8-18(9-12-21)15-22(28-25(32)20-6-4-3-5-7-20)26(33)29-27-17-19-10-13-23(30)24(31)16-19/h3-13,15-17,30-31H,2,14H2,1H3,(H,28,32)(H,29,33). The van der Waals surface area contributed by atoms with Crippen LogP contribution in [0.2, 0.25) is 0 Å². The van der Waals surface area contributed by atoms with Gasteiger partial charge in [0.1, 0.15) is 11.4 Å². The number of hydrogen-bond donors (Lipinski definition) is 4. The summed E-state index contributed by atoms with van der Waals surface area (Å²) in [5, 5.41) is 25.5. The first kappa shape index (κ1) is 24.1. The summed E-state index contributed by atoms with van der Waals surface area (Å²) < 4.78 is 5.57. The summed E-state index contributed by atoms with van der Waals surface area (Å²) in [7, 11) is 0. The van der Waals surface area contributed by atoms with Gasteiger partial charge in [-0.1, -0.05) is 37.3 Å². The van der Waals surface area contributed by atoms with E-state index in [4.69, 9.17) is 4.74 Å². The lowest BCUT2D eigenvalue weighted by atomic mass is 10.1. The summed E-state index contributed by atoms with van der Waals surface area (Å²) in [4.78, 5) is 25.5. The van der Waals surface area contributed by atoms with Crippen molar-refractivity contribution in [3.8, 4) is 17.2 Å². The molecule has 4 N–H and O–H groups in total. The molecule has 0 saturated carbocycles. The minimum Gasteiger partial charge on any atom is -0.504 e. The molecule has 3 aromatic carbocycles. The summed E-state index contributed by atoms with van der Waals surface area (Å²) >= 11 is 0. The van der Waals surface area contributed by atoms with Gasteiger partial charge in [0.05, 0.1) is 12.8 Å². The van der Waals surface area contributed by atoms with E-state index in [-0.39, 0.29) is 17.2 Å². The molecule has 2 amide bonds. The van der Waals surface area contributed by atoms with Crippen molar-refractivity contribution < 1.29 is 24.5 Å². The fourth-order valence-corrected chi connectivity index (χ4v) is 2.84. The molecule has 174 valence electrons. The maximum absolute atomic E-state index is 12.8. The molecule has 0 spiro atoms. The number of carbonyl (C=O) groups excluding carboxylic acids is 2. The third kappa shape index (κ3) is 6.96. The lowest BCUT2D eigenvalue weighted by Crippen LogP contribution is -2.32. The Balaban J connectivity index is 1.79. The molecule has 3 aromatic rings. The predicted octanol–water partition coefficient (Wildman–Crippen LogP) is 3.81. The van der Waals surface area contributed by atoms with Gasteiger partial charge in [-0.25, -0.2) is 5.43 Å². The van der Waals surface area contributed by atoms with Gasteiger partial charge in [0.2, 0.25) is 0 Å². The number of phenolic OH excluding ortho intramolecular Hbond substituents is 2. The van der Waals surface area contributed by atoms with Gasteiger partial charge in [0.15, 0.2) is 11.5 Å². The summed E-state index contributed by atoms with van der Waals surface area (Å²) in [6.45, 7) is 2.62. The molecule has 0 aliphatic heterocycles. The lowest BCUT2D eigenvalue weighted by Gasteiger charge is -2.10. The van der Waals surface area contributed by atoms with Crippen LogP contribution < -0.4 is 15.5 Å². The largest absolute Gasteiger partial charge is 0.504 e. The average Bonchev–Trinajstić information content (AvgIpc) is 2.85. The molecule has 8 heteroatoms. The second kappa shape index (κ2) is 11.9. The van der Waals surface area contributed by atoms with Crippen LogP contribution >= 0.6 is 0 Å². The van der Waals surface area contributed by atoms with E-state index >= 15 is 0 Å². The number of carbonyl (C=O) groups is 2. The smallest absolute Gasteiger partial charge is 0.287 e. The topological polar surface area (TPSA) is 120 Å². The van der Waals surface area contributed by atoms with Gasteiger partial charge in [-0.2, -0.15) is 5.10 Å². The highest BCUT2D eigenvalue weighted by Gasteiger charge is 2.14. The Hall–Kier alpha value is -4.59. The van der Waals surface area contributed by atoms with Crippen LogP contribution in [0.5, 0.6) is 17.2 Å². The molecule has 0 aromatic heterocycles. The molecule has 0 saturated heterocycles. The second-order valence-electron chi connectivity index (χ2n) is 7.24. The highest BCUT2D eigenvalue weighted by atomic mass is 16.5. The molecule has 0 unspecified atom stereocenters. The van der Waals surface area contributed by atoms with Crippen molar-refractivity contribution in [2.45, 2.75) is 13.3 Å². The first-order valence-electron chi connectivity index (χ1n) is 10.6. The summed E-state index contributed by atoms with van der Waals surface area (Å²) in [6, 6.07) is 19.7. The summed E-state index contributed by atoms with van der Waals surface area (Å²) in [5.74, 6) is -0.953. The van der Waals surface area contributed by atoms with Gasteiger partial charge in [-0.3, -0.25) is 9.59 Å². The first-order valence-corrected chi connectivity index (χ1v) is 10.6. The molecule has 0 atom stereocenters. The Morgan fingerprint density at radius 1 is 0.941 bits per heavy atom. The van der Waals surface area contributed by atoms with Crippen molar-refractivity contribution in [1.29, 1.82) is 0 Å². The Morgan fingerprint density at radius 2 is 1.65 bits per heavy atom. The number of hydrazone groups is 1. The zero-order valence-electron chi connectivity index (χ0n) is 18.6. The van der Waals surface area contributed by atoms with Crippen molar-refractivity contribution in [2.24, 2.45) is 5.10 Å². The molecular formula is C26H25N3O5. The SMILES string of the molecule is CCCOc1ccc(C=C(NC(=O)c2ccccc2)C(=O)NN=Cc2ccc(O)c(O)c2)cc1. The van der Waals surface area contributed by atoms with Crippen LogP contribution in [-0.2, 0) is 4.79 Å². The molecule has 0 heterocycles. The van der Waals surface area contributed by atoms with Gasteiger partial charge < -0.3 is 20.3 Å². The van der Waals surface area contributed by atoms with Crippen LogP contribution in [-0.4, -0.2) is 34.8 Å². The average molecular weight is 460 g/mol. The second-order valence-corrected chi connectivity index (χ2v) is 7.24. The van der Waals surface area contributed by atoms with Crippen LogP contribution in [0.4, 0.5) is 0 Å². The van der Waals surface area contributed by atoms with Crippen LogP contribution in [0.15, 0.2) is 83.6 Å². The van der Waals surface area contributed by atoms with Gasteiger partial charge in [0.25, 0.3) is 11.8 Å². The zero-order chi connectivity index (χ0) is 24.3. The predicted molar refractivity (Wildman–Crippen MR) is 130 cm³/mol. The zero-order valence-corrected chi connectivity index (χ0v) is 18.6. The van der Waals surface area contributed by atoms with E-state index in [1.807, 2.05) is 6.92 Å². The fraction of sp³-hybridized carbons (Fsp3) is 0.115. The molecule has 8 nitrogen and oxygen atoms in total. The number of nitrogens with zero attached hydrogens (tertiary/aromatic N) is 1. The van der Waals surface area contributed by atoms with Crippen LogP contribution in [0, 0.1) is 0 Å². The van der Waals surface area contributed by atoms with E-state index in [0.29, 0.717) is 29.0 Å². The number of ether oxygens (including phenoxy) is 1. The van der Waals surface area contributed by atoms with Crippen LogP contribution in [0.3, 0.4) is 0 Å². The van der Waals surface area contributed by atoms with Crippen LogP contribution in [0.1, 0.15) is 34.8 Å². The molecule has 3 rings (SSSR count). The molecule has 0 fully saturated rings. The van der Waals surface area contributed by atoms with Gasteiger partial charge in [0, 0.05) is 5.56 Å². The summed E-state index contributed by atoms with van der Waals surface area (Å²) in [6.07, 6.45) is 3.72. The normalized spacial score (nSPS) is 11.3. The number of aromatic hydroxyl groups is 2. The Labute approximate surface area is 197 Å². The van der Waals surface area contributed by atoms with E-state index < -0.39 is 11.8 Å².